The molecule has 0 bridgehead atoms. The normalized spacial score (nSPS) is 15.9. The Balaban J connectivity index is 0.00000352. The van der Waals surface area contributed by atoms with E-state index in [-0.39, 0.29) is 23.2 Å². The largest absolute Gasteiger partial charge is 0.435 e. The van der Waals surface area contributed by atoms with E-state index in [1.165, 1.54) is 18.6 Å². The van der Waals surface area contributed by atoms with E-state index in [2.05, 4.69) is 10.3 Å². The molecule has 2 rings (SSSR count). The van der Waals surface area contributed by atoms with Crippen LogP contribution < -0.4 is 11.1 Å². The first-order valence-electron chi connectivity index (χ1n) is 12.8. The van der Waals surface area contributed by atoms with Crippen molar-refractivity contribution in [1.82, 2.24) is 4.90 Å². The molecule has 1 aromatic carbocycles. The van der Waals surface area contributed by atoms with Crippen molar-refractivity contribution in [2.45, 2.75) is 65.1 Å². The van der Waals surface area contributed by atoms with E-state index < -0.39 is 11.9 Å². The minimum atomic E-state index is -4.73. The number of carbonyl (C=O) groups excluding carboxylic acids is 1. The summed E-state index contributed by atoms with van der Waals surface area (Å²) in [5.74, 6) is 0.232. The van der Waals surface area contributed by atoms with Crippen LogP contribution in [0.2, 0.25) is 0 Å². The number of carbonyl (C=O) groups is 1. The highest BCUT2D eigenvalue weighted by Crippen LogP contribution is 2.27. The standard InChI is InChI=1S/C28H37F3N4O.CH4O/c1-4-6-8-14-23(11-5-2)34-26(28(29,30)31)25(19-32)33-24-17-15-21(16-18-24)20-35(3)27(36)22-12-9-7-10-13-22;1-2/h5-6,8,11,14-19,22,33H,4,7,9-10,12-13,20,32H2,1-3H3;2H,1H3/b8-6+,11-5-,23-14+,25-19+,34-26-;. The van der Waals surface area contributed by atoms with Crippen LogP contribution in [0.15, 0.2) is 77.2 Å². The second kappa shape index (κ2) is 17.2. The molecule has 0 aromatic heterocycles. The minimum absolute atomic E-state index is 0.0842. The Morgan fingerprint density at radius 1 is 1.18 bits per heavy atom. The van der Waals surface area contributed by atoms with Crippen molar-refractivity contribution in [1.29, 1.82) is 0 Å². The molecule has 1 saturated carbocycles. The Bertz CT molecular complexity index is 1000. The van der Waals surface area contributed by atoms with Gasteiger partial charge in [-0.2, -0.15) is 13.2 Å². The highest BCUT2D eigenvalue weighted by Gasteiger charge is 2.38. The first-order chi connectivity index (χ1) is 18.2. The minimum Gasteiger partial charge on any atom is -0.403 e. The summed E-state index contributed by atoms with van der Waals surface area (Å²) in [6, 6.07) is 6.90. The number of aliphatic hydroxyl groups excluding tert-OH is 1. The maximum Gasteiger partial charge on any atom is 0.435 e. The van der Waals surface area contributed by atoms with Gasteiger partial charge < -0.3 is 21.1 Å². The average Bonchev–Trinajstić information content (AvgIpc) is 2.92. The van der Waals surface area contributed by atoms with Crippen molar-refractivity contribution in [3.8, 4) is 0 Å². The molecule has 1 aromatic rings. The molecule has 0 aliphatic heterocycles. The molecule has 4 N–H and O–H groups in total. The predicted molar refractivity (Wildman–Crippen MR) is 149 cm³/mol. The van der Waals surface area contributed by atoms with Gasteiger partial charge in [-0.25, -0.2) is 4.99 Å². The van der Waals surface area contributed by atoms with Gasteiger partial charge in [0, 0.05) is 38.5 Å². The second-order valence-corrected chi connectivity index (χ2v) is 8.82. The molecule has 1 aliphatic rings. The predicted octanol–water partition coefficient (Wildman–Crippen LogP) is 6.48. The zero-order valence-corrected chi connectivity index (χ0v) is 22.8. The lowest BCUT2D eigenvalue weighted by atomic mass is 9.88. The van der Waals surface area contributed by atoms with Crippen LogP contribution in [-0.4, -0.2) is 42.0 Å². The maximum atomic E-state index is 13.9. The van der Waals surface area contributed by atoms with Gasteiger partial charge in [0.1, 0.15) is 0 Å². The van der Waals surface area contributed by atoms with E-state index in [1.807, 2.05) is 13.0 Å². The Morgan fingerprint density at radius 2 is 1.82 bits per heavy atom. The van der Waals surface area contributed by atoms with Crippen LogP contribution in [0.25, 0.3) is 0 Å². The fourth-order valence-electron chi connectivity index (χ4n) is 4.05. The zero-order chi connectivity index (χ0) is 28.6. The lowest BCUT2D eigenvalue weighted by molar-refractivity contribution is -0.135. The van der Waals surface area contributed by atoms with Crippen LogP contribution >= 0.6 is 0 Å². The topological polar surface area (TPSA) is 90.9 Å². The summed E-state index contributed by atoms with van der Waals surface area (Å²) >= 11 is 0. The number of benzene rings is 1. The molecule has 6 nitrogen and oxygen atoms in total. The van der Waals surface area contributed by atoms with Gasteiger partial charge in [0.15, 0.2) is 5.71 Å². The summed E-state index contributed by atoms with van der Waals surface area (Å²) in [6.07, 6.45) is 10.3. The maximum absolute atomic E-state index is 13.9. The molecule has 0 spiro atoms. The number of amides is 1. The van der Waals surface area contributed by atoms with E-state index in [0.29, 0.717) is 12.2 Å². The fourth-order valence-corrected chi connectivity index (χ4v) is 4.05. The summed E-state index contributed by atoms with van der Waals surface area (Å²) < 4.78 is 41.7. The van der Waals surface area contributed by atoms with E-state index in [4.69, 9.17) is 10.8 Å². The second-order valence-electron chi connectivity index (χ2n) is 8.82. The number of anilines is 1. The number of nitrogens with zero attached hydrogens (tertiary/aromatic N) is 2. The average molecular weight is 535 g/mol. The van der Waals surface area contributed by atoms with Crippen molar-refractivity contribution in [2.75, 3.05) is 19.5 Å². The molecule has 0 atom stereocenters. The summed E-state index contributed by atoms with van der Waals surface area (Å²) in [5, 5.41) is 9.74. The van der Waals surface area contributed by atoms with Gasteiger partial charge >= 0.3 is 6.18 Å². The summed E-state index contributed by atoms with van der Waals surface area (Å²) in [4.78, 5) is 18.3. The third kappa shape index (κ3) is 11.0. The van der Waals surface area contributed by atoms with Gasteiger partial charge in [-0.05, 0) is 56.0 Å². The summed E-state index contributed by atoms with van der Waals surface area (Å²) in [6.45, 7) is 4.08. The van der Waals surface area contributed by atoms with Crippen LogP contribution in [-0.2, 0) is 11.3 Å². The van der Waals surface area contributed by atoms with Crippen molar-refractivity contribution in [3.63, 3.8) is 0 Å². The van der Waals surface area contributed by atoms with E-state index in [9.17, 15) is 18.0 Å². The number of nitrogens with one attached hydrogen (secondary N) is 1. The van der Waals surface area contributed by atoms with Gasteiger partial charge in [-0.3, -0.25) is 4.79 Å². The lowest BCUT2D eigenvalue weighted by Gasteiger charge is -2.26. The van der Waals surface area contributed by atoms with Crippen LogP contribution in [0.5, 0.6) is 0 Å². The monoisotopic (exact) mass is 534 g/mol. The number of alkyl halides is 3. The Morgan fingerprint density at radius 3 is 2.34 bits per heavy atom. The van der Waals surface area contributed by atoms with E-state index >= 15 is 0 Å². The molecule has 0 heterocycles. The number of rotatable bonds is 10. The van der Waals surface area contributed by atoms with Crippen molar-refractivity contribution < 1.29 is 23.1 Å². The molecule has 0 radical (unpaired) electrons. The molecular weight excluding hydrogens is 493 g/mol. The lowest BCUT2D eigenvalue weighted by Crippen LogP contribution is -2.33. The first kappa shape index (κ1) is 32.7. The highest BCUT2D eigenvalue weighted by molar-refractivity contribution is 6.06. The fraction of sp³-hybridized carbons (Fsp3) is 0.448. The zero-order valence-electron chi connectivity index (χ0n) is 22.8. The third-order valence-corrected chi connectivity index (χ3v) is 5.89. The van der Waals surface area contributed by atoms with Crippen molar-refractivity contribution in [3.05, 3.63) is 77.8 Å². The number of hydrogen-bond donors (Lipinski definition) is 3. The number of allylic oxidation sites excluding steroid dienone is 6. The van der Waals surface area contributed by atoms with Crippen LogP contribution in [0.1, 0.15) is 57.9 Å². The van der Waals surface area contributed by atoms with E-state index in [0.717, 1.165) is 51.0 Å². The molecule has 1 aliphatic carbocycles. The first-order valence-corrected chi connectivity index (χ1v) is 12.8. The molecule has 38 heavy (non-hydrogen) atoms. The third-order valence-electron chi connectivity index (χ3n) is 5.89. The molecule has 0 unspecified atom stereocenters. The Kier molecular flexibility index (Phi) is 14.8. The van der Waals surface area contributed by atoms with Gasteiger partial charge in [0.2, 0.25) is 5.91 Å². The van der Waals surface area contributed by atoms with Crippen LogP contribution in [0.3, 0.4) is 0 Å². The smallest absolute Gasteiger partial charge is 0.403 e. The number of aliphatic imine (C=N–C) groups is 1. The van der Waals surface area contributed by atoms with Crippen molar-refractivity contribution in [2.24, 2.45) is 16.6 Å². The highest BCUT2D eigenvalue weighted by atomic mass is 19.4. The van der Waals surface area contributed by atoms with Gasteiger partial charge in [-0.15, -0.1) is 0 Å². The number of aliphatic hydroxyl groups is 1. The SMILES string of the molecule is CO.C\C=C/C(=C\C=C\CC)/N=C(/C(=C\N)Nc1ccc(CN(C)C(=O)C2CCCCC2)cc1)C(F)(F)F. The van der Waals surface area contributed by atoms with Gasteiger partial charge in [0.25, 0.3) is 0 Å². The quantitative estimate of drug-likeness (QED) is 0.237. The number of hydrogen-bond acceptors (Lipinski definition) is 5. The Hall–Kier alpha value is -3.33. The van der Waals surface area contributed by atoms with Gasteiger partial charge in [-0.1, -0.05) is 56.5 Å². The van der Waals surface area contributed by atoms with E-state index in [1.54, 1.807) is 55.3 Å². The van der Waals surface area contributed by atoms with Gasteiger partial charge in [0.05, 0.1) is 11.4 Å². The summed E-state index contributed by atoms with van der Waals surface area (Å²) in [5.41, 5.74) is 5.57. The number of halogens is 3. The van der Waals surface area contributed by atoms with Crippen LogP contribution in [0.4, 0.5) is 18.9 Å². The Labute approximate surface area is 224 Å². The summed E-state index contributed by atoms with van der Waals surface area (Å²) in [7, 11) is 2.79. The molecule has 210 valence electrons. The molecule has 1 fully saturated rings. The molecule has 0 saturated heterocycles. The molecular formula is C29H41F3N4O2. The molecule has 9 heteroatoms. The number of nitrogens with two attached hydrogens (primary N) is 1. The molecule has 1 amide bonds. The van der Waals surface area contributed by atoms with Crippen LogP contribution in [0, 0.1) is 5.92 Å². The van der Waals surface area contributed by atoms with Crippen molar-refractivity contribution >= 4 is 17.3 Å².